The second kappa shape index (κ2) is 6.27. The molecule has 2 N–H and O–H groups in total. The van der Waals surface area contributed by atoms with Crippen LogP contribution in [0.4, 0.5) is 0 Å². The van der Waals surface area contributed by atoms with E-state index in [2.05, 4.69) is 22.3 Å². The lowest BCUT2D eigenvalue weighted by molar-refractivity contribution is 0.162. The van der Waals surface area contributed by atoms with Crippen LogP contribution in [-0.4, -0.2) is 27.0 Å². The molecule has 1 aromatic rings. The summed E-state index contributed by atoms with van der Waals surface area (Å²) in [6.07, 6.45) is 13.4. The van der Waals surface area contributed by atoms with Crippen LogP contribution < -0.4 is 5.32 Å². The van der Waals surface area contributed by atoms with Gasteiger partial charge in [0.1, 0.15) is 0 Å². The Balaban J connectivity index is 1.56. The van der Waals surface area contributed by atoms with Gasteiger partial charge >= 0.3 is 0 Å². The molecule has 4 heteroatoms. The van der Waals surface area contributed by atoms with E-state index in [1.165, 1.54) is 44.9 Å². The Labute approximate surface area is 121 Å². The predicted octanol–water partition coefficient (Wildman–Crippen LogP) is 2.78. The molecule has 0 bridgehead atoms. The first-order valence-corrected chi connectivity index (χ1v) is 8.21. The summed E-state index contributed by atoms with van der Waals surface area (Å²) in [6, 6.07) is 2.73. The summed E-state index contributed by atoms with van der Waals surface area (Å²) in [5.74, 6) is 0. The molecule has 0 amide bonds. The summed E-state index contributed by atoms with van der Waals surface area (Å²) in [4.78, 5) is 0. The molecule has 112 valence electrons. The van der Waals surface area contributed by atoms with Crippen molar-refractivity contribution in [3.8, 4) is 0 Å². The largest absolute Gasteiger partial charge is 0.394 e. The second-order valence-corrected chi connectivity index (χ2v) is 6.58. The SMILES string of the molecule is OCC1(NCc2ccn(C3CCCCC3)n2)CCCC1. The van der Waals surface area contributed by atoms with E-state index in [4.69, 9.17) is 5.10 Å². The van der Waals surface area contributed by atoms with E-state index >= 15 is 0 Å². The summed E-state index contributed by atoms with van der Waals surface area (Å²) in [7, 11) is 0. The Kier molecular flexibility index (Phi) is 4.41. The van der Waals surface area contributed by atoms with Crippen molar-refractivity contribution in [3.63, 3.8) is 0 Å². The number of nitrogens with zero attached hydrogens (tertiary/aromatic N) is 2. The maximum absolute atomic E-state index is 9.62. The van der Waals surface area contributed by atoms with Crippen molar-refractivity contribution < 1.29 is 5.11 Å². The van der Waals surface area contributed by atoms with Crippen molar-refractivity contribution in [2.75, 3.05) is 6.61 Å². The number of aliphatic hydroxyl groups is 1. The third-order valence-corrected chi connectivity index (χ3v) is 5.12. The van der Waals surface area contributed by atoms with Gasteiger partial charge in [0.2, 0.25) is 0 Å². The van der Waals surface area contributed by atoms with Crippen LogP contribution in [-0.2, 0) is 6.54 Å². The van der Waals surface area contributed by atoms with Crippen molar-refractivity contribution in [3.05, 3.63) is 18.0 Å². The first kappa shape index (κ1) is 14.1. The molecule has 20 heavy (non-hydrogen) atoms. The van der Waals surface area contributed by atoms with E-state index in [0.717, 1.165) is 25.1 Å². The highest BCUT2D eigenvalue weighted by atomic mass is 16.3. The molecule has 2 saturated carbocycles. The highest BCUT2D eigenvalue weighted by Gasteiger charge is 2.32. The van der Waals surface area contributed by atoms with Gasteiger partial charge in [-0.25, -0.2) is 0 Å². The third kappa shape index (κ3) is 3.07. The van der Waals surface area contributed by atoms with Crippen molar-refractivity contribution in [2.45, 2.75) is 75.9 Å². The van der Waals surface area contributed by atoms with Crippen molar-refractivity contribution in [1.29, 1.82) is 0 Å². The highest BCUT2D eigenvalue weighted by Crippen LogP contribution is 2.30. The maximum atomic E-state index is 9.62. The van der Waals surface area contributed by atoms with Crippen LogP contribution in [0.5, 0.6) is 0 Å². The molecule has 1 heterocycles. The zero-order valence-electron chi connectivity index (χ0n) is 12.4. The summed E-state index contributed by atoms with van der Waals surface area (Å²) in [5.41, 5.74) is 1.06. The van der Waals surface area contributed by atoms with Gasteiger partial charge < -0.3 is 10.4 Å². The molecule has 3 rings (SSSR count). The molecule has 0 radical (unpaired) electrons. The van der Waals surface area contributed by atoms with Gasteiger partial charge in [0.15, 0.2) is 0 Å². The van der Waals surface area contributed by atoms with Gasteiger partial charge in [0, 0.05) is 18.3 Å². The summed E-state index contributed by atoms with van der Waals surface area (Å²) in [6.45, 7) is 1.02. The molecule has 0 atom stereocenters. The molecular formula is C16H27N3O. The van der Waals surface area contributed by atoms with Gasteiger partial charge in [0.05, 0.1) is 18.3 Å². The Morgan fingerprint density at radius 3 is 2.65 bits per heavy atom. The van der Waals surface area contributed by atoms with E-state index in [9.17, 15) is 5.11 Å². The van der Waals surface area contributed by atoms with Crippen LogP contribution in [0.1, 0.15) is 69.5 Å². The molecule has 4 nitrogen and oxygen atoms in total. The van der Waals surface area contributed by atoms with Crippen LogP contribution >= 0.6 is 0 Å². The van der Waals surface area contributed by atoms with Crippen LogP contribution in [0.3, 0.4) is 0 Å². The molecule has 2 aliphatic carbocycles. The van der Waals surface area contributed by atoms with Crippen LogP contribution in [0.25, 0.3) is 0 Å². The zero-order chi connectivity index (χ0) is 13.8. The minimum atomic E-state index is -0.0470. The summed E-state index contributed by atoms with van der Waals surface area (Å²) < 4.78 is 2.16. The molecule has 0 aromatic carbocycles. The topological polar surface area (TPSA) is 50.1 Å². The fraction of sp³-hybridized carbons (Fsp3) is 0.812. The Hall–Kier alpha value is -0.870. The summed E-state index contributed by atoms with van der Waals surface area (Å²) >= 11 is 0. The van der Waals surface area contributed by atoms with E-state index in [1.807, 2.05) is 0 Å². The standard InChI is InChI=1S/C16H27N3O/c20-13-16(9-4-5-10-16)17-12-14-8-11-19(18-14)15-6-2-1-3-7-15/h8,11,15,17,20H,1-7,9-10,12-13H2. The van der Waals surface area contributed by atoms with Crippen LogP contribution in [0.2, 0.25) is 0 Å². The molecule has 0 spiro atoms. The van der Waals surface area contributed by atoms with Crippen molar-refractivity contribution >= 4 is 0 Å². The van der Waals surface area contributed by atoms with E-state index in [-0.39, 0.29) is 12.1 Å². The minimum absolute atomic E-state index is 0.0470. The van der Waals surface area contributed by atoms with E-state index < -0.39 is 0 Å². The van der Waals surface area contributed by atoms with Gasteiger partial charge in [0.25, 0.3) is 0 Å². The zero-order valence-corrected chi connectivity index (χ0v) is 12.4. The molecule has 0 aliphatic heterocycles. The van der Waals surface area contributed by atoms with Crippen molar-refractivity contribution in [2.24, 2.45) is 0 Å². The van der Waals surface area contributed by atoms with Crippen LogP contribution in [0.15, 0.2) is 12.3 Å². The number of nitrogens with one attached hydrogen (secondary N) is 1. The Morgan fingerprint density at radius 1 is 1.20 bits per heavy atom. The average Bonchev–Trinajstić information content (AvgIpc) is 3.16. The predicted molar refractivity (Wildman–Crippen MR) is 79.5 cm³/mol. The molecule has 2 aliphatic rings. The smallest absolute Gasteiger partial charge is 0.0762 e. The summed E-state index contributed by atoms with van der Waals surface area (Å²) in [5, 5.41) is 17.9. The molecular weight excluding hydrogens is 250 g/mol. The lowest BCUT2D eigenvalue weighted by Crippen LogP contribution is -2.45. The maximum Gasteiger partial charge on any atom is 0.0762 e. The molecule has 0 unspecified atom stereocenters. The van der Waals surface area contributed by atoms with Gasteiger partial charge in [-0.05, 0) is 31.7 Å². The fourth-order valence-electron chi connectivity index (χ4n) is 3.74. The molecule has 0 saturated heterocycles. The number of aromatic nitrogens is 2. The average molecular weight is 277 g/mol. The van der Waals surface area contributed by atoms with Crippen molar-refractivity contribution in [1.82, 2.24) is 15.1 Å². The van der Waals surface area contributed by atoms with Gasteiger partial charge in [-0.2, -0.15) is 5.10 Å². The van der Waals surface area contributed by atoms with Gasteiger partial charge in [-0.3, -0.25) is 4.68 Å². The van der Waals surface area contributed by atoms with Gasteiger partial charge in [-0.15, -0.1) is 0 Å². The third-order valence-electron chi connectivity index (χ3n) is 5.12. The second-order valence-electron chi connectivity index (χ2n) is 6.58. The number of aliphatic hydroxyl groups excluding tert-OH is 1. The number of rotatable bonds is 5. The van der Waals surface area contributed by atoms with E-state index in [1.54, 1.807) is 0 Å². The molecule has 2 fully saturated rings. The lowest BCUT2D eigenvalue weighted by atomic mass is 9.96. The Bertz CT molecular complexity index is 417. The number of hydrogen-bond acceptors (Lipinski definition) is 3. The van der Waals surface area contributed by atoms with E-state index in [0.29, 0.717) is 6.04 Å². The monoisotopic (exact) mass is 277 g/mol. The van der Waals surface area contributed by atoms with Crippen LogP contribution in [0, 0.1) is 0 Å². The normalized spacial score (nSPS) is 23.2. The number of hydrogen-bond donors (Lipinski definition) is 2. The lowest BCUT2D eigenvalue weighted by Gasteiger charge is -2.27. The fourth-order valence-corrected chi connectivity index (χ4v) is 3.74. The van der Waals surface area contributed by atoms with Gasteiger partial charge in [-0.1, -0.05) is 32.1 Å². The highest BCUT2D eigenvalue weighted by molar-refractivity contribution is 5.02. The first-order valence-electron chi connectivity index (χ1n) is 8.21. The molecule has 1 aromatic heterocycles. The minimum Gasteiger partial charge on any atom is -0.394 e. The Morgan fingerprint density at radius 2 is 1.95 bits per heavy atom. The first-order chi connectivity index (χ1) is 9.81. The quantitative estimate of drug-likeness (QED) is 0.870.